The van der Waals surface area contributed by atoms with E-state index in [0.29, 0.717) is 17.4 Å². The van der Waals surface area contributed by atoms with Crippen LogP contribution in [0.15, 0.2) is 89.8 Å². The monoisotopic (exact) mass is 445 g/mol. The van der Waals surface area contributed by atoms with Crippen LogP contribution in [0.2, 0.25) is 0 Å². The molecule has 0 saturated carbocycles. The zero-order valence-corrected chi connectivity index (χ0v) is 17.7. The average molecular weight is 446 g/mol. The van der Waals surface area contributed by atoms with Gasteiger partial charge >= 0.3 is 0 Å². The van der Waals surface area contributed by atoms with Gasteiger partial charge in [-0.3, -0.25) is 0 Å². The molecule has 9 heteroatoms. The molecule has 3 aromatic carbocycles. The third-order valence-electron chi connectivity index (χ3n) is 4.95. The molecule has 0 aliphatic heterocycles. The molecule has 0 amide bonds. The summed E-state index contributed by atoms with van der Waals surface area (Å²) in [5.74, 6) is 0.947. The molecule has 1 N–H and O–H groups in total. The van der Waals surface area contributed by atoms with Gasteiger partial charge in [0.25, 0.3) is 0 Å². The summed E-state index contributed by atoms with van der Waals surface area (Å²) in [4.78, 5) is 0.215. The van der Waals surface area contributed by atoms with Crippen molar-refractivity contribution in [3.63, 3.8) is 0 Å². The van der Waals surface area contributed by atoms with Crippen LogP contribution in [-0.4, -0.2) is 41.4 Å². The first-order chi connectivity index (χ1) is 15.6. The molecule has 0 aliphatic rings. The van der Waals surface area contributed by atoms with Crippen LogP contribution in [0.5, 0.6) is 5.88 Å². The lowest BCUT2D eigenvalue weighted by atomic mass is 10.1. The van der Waals surface area contributed by atoms with E-state index < -0.39 is 10.0 Å². The van der Waals surface area contributed by atoms with Crippen LogP contribution in [0.25, 0.3) is 27.8 Å². The first-order valence-electron chi connectivity index (χ1n) is 9.99. The molecule has 0 fully saturated rings. The van der Waals surface area contributed by atoms with Crippen LogP contribution in [-0.2, 0) is 10.0 Å². The zero-order valence-electron chi connectivity index (χ0n) is 16.9. The molecule has 0 aliphatic carbocycles. The number of nitrogens with one attached hydrogen (secondary N) is 1. The van der Waals surface area contributed by atoms with Gasteiger partial charge in [0.1, 0.15) is 6.61 Å². The van der Waals surface area contributed by atoms with E-state index in [-0.39, 0.29) is 18.0 Å². The Labute approximate surface area is 184 Å². The highest BCUT2D eigenvalue weighted by molar-refractivity contribution is 7.89. The number of fused-ring (bicyclic) bond motifs is 2. The molecule has 0 spiro atoms. The van der Waals surface area contributed by atoms with Crippen LogP contribution in [0.1, 0.15) is 0 Å². The number of rotatable bonds is 7. The molecule has 160 valence electrons. The van der Waals surface area contributed by atoms with Crippen molar-refractivity contribution in [2.75, 3.05) is 13.2 Å². The molecule has 5 aromatic rings. The average Bonchev–Trinajstić information content (AvgIpc) is 3.25. The van der Waals surface area contributed by atoms with E-state index in [9.17, 15) is 8.42 Å². The normalized spacial score (nSPS) is 11.8. The van der Waals surface area contributed by atoms with Gasteiger partial charge in [-0.05, 0) is 29.0 Å². The van der Waals surface area contributed by atoms with Crippen LogP contribution in [0.4, 0.5) is 0 Å². The smallest absolute Gasteiger partial charge is 0.240 e. The van der Waals surface area contributed by atoms with E-state index in [1.165, 1.54) is 0 Å². The molecule has 2 aromatic heterocycles. The predicted molar refractivity (Wildman–Crippen MR) is 121 cm³/mol. The van der Waals surface area contributed by atoms with Crippen molar-refractivity contribution >= 4 is 26.4 Å². The minimum Gasteiger partial charge on any atom is -0.475 e. The molecular weight excluding hydrogens is 426 g/mol. The van der Waals surface area contributed by atoms with E-state index in [4.69, 9.17) is 4.74 Å². The molecule has 0 atom stereocenters. The summed E-state index contributed by atoms with van der Waals surface area (Å²) in [6.07, 6.45) is 0. The Balaban J connectivity index is 1.26. The number of benzene rings is 3. The summed E-state index contributed by atoms with van der Waals surface area (Å²) in [7, 11) is -3.65. The van der Waals surface area contributed by atoms with E-state index in [0.717, 1.165) is 16.3 Å². The second-order valence-electron chi connectivity index (χ2n) is 7.09. The summed E-state index contributed by atoms with van der Waals surface area (Å²) in [5.41, 5.74) is 1.47. The molecule has 5 rings (SSSR count). The molecule has 0 unspecified atom stereocenters. The predicted octanol–water partition coefficient (Wildman–Crippen LogP) is 3.30. The van der Waals surface area contributed by atoms with Crippen LogP contribution in [0.3, 0.4) is 0 Å². The van der Waals surface area contributed by atoms with Crippen molar-refractivity contribution in [1.82, 2.24) is 24.5 Å². The lowest BCUT2D eigenvalue weighted by Crippen LogP contribution is -2.28. The molecule has 0 saturated heterocycles. The fourth-order valence-corrected chi connectivity index (χ4v) is 4.41. The largest absolute Gasteiger partial charge is 0.475 e. The van der Waals surface area contributed by atoms with Gasteiger partial charge in [-0.25, -0.2) is 13.1 Å². The standard InChI is InChI=1S/C23H19N5O3S/c29-32(30,20-11-10-17-6-4-5-9-19(17)16-20)24-14-15-31-22-13-12-21-25-26-23(28(21)27-22)18-7-2-1-3-8-18/h1-13,16,24H,14-15H2. The van der Waals surface area contributed by atoms with Gasteiger partial charge in [-0.2, -0.15) is 4.52 Å². The topological polar surface area (TPSA) is 98.5 Å². The van der Waals surface area contributed by atoms with Gasteiger partial charge in [-0.1, -0.05) is 60.7 Å². The Morgan fingerprint density at radius 3 is 2.47 bits per heavy atom. The number of sulfonamides is 1. The molecule has 8 nitrogen and oxygen atoms in total. The van der Waals surface area contributed by atoms with Gasteiger partial charge in [0, 0.05) is 18.2 Å². The Hall–Kier alpha value is -3.82. The van der Waals surface area contributed by atoms with Crippen molar-refractivity contribution < 1.29 is 13.2 Å². The molecule has 0 bridgehead atoms. The maximum Gasteiger partial charge on any atom is 0.240 e. The molecule has 2 heterocycles. The SMILES string of the molecule is O=S(=O)(NCCOc1ccc2nnc(-c3ccccc3)n2n1)c1ccc2ccccc2c1. The van der Waals surface area contributed by atoms with Crippen LogP contribution < -0.4 is 9.46 Å². The number of hydrogen-bond acceptors (Lipinski definition) is 6. The minimum atomic E-state index is -3.65. The first-order valence-corrected chi connectivity index (χ1v) is 11.5. The number of aromatic nitrogens is 4. The van der Waals surface area contributed by atoms with Crippen molar-refractivity contribution in [1.29, 1.82) is 0 Å². The lowest BCUT2D eigenvalue weighted by molar-refractivity contribution is 0.306. The maximum absolute atomic E-state index is 12.6. The fraction of sp³-hybridized carbons (Fsp3) is 0.0870. The third-order valence-corrected chi connectivity index (χ3v) is 6.40. The van der Waals surface area contributed by atoms with Gasteiger partial charge < -0.3 is 4.74 Å². The summed E-state index contributed by atoms with van der Waals surface area (Å²) in [5, 5.41) is 14.6. The summed E-state index contributed by atoms with van der Waals surface area (Å²) >= 11 is 0. The highest BCUT2D eigenvalue weighted by Gasteiger charge is 2.14. The Morgan fingerprint density at radius 1 is 0.844 bits per heavy atom. The number of nitrogens with zero attached hydrogens (tertiary/aromatic N) is 4. The molecule has 0 radical (unpaired) electrons. The van der Waals surface area contributed by atoms with Crippen molar-refractivity contribution in [3.8, 4) is 17.3 Å². The summed E-state index contributed by atoms with van der Waals surface area (Å²) < 4.78 is 35.1. The Bertz CT molecular complexity index is 1500. The van der Waals surface area contributed by atoms with E-state index in [1.54, 1.807) is 34.8 Å². The van der Waals surface area contributed by atoms with E-state index in [2.05, 4.69) is 20.0 Å². The maximum atomic E-state index is 12.6. The van der Waals surface area contributed by atoms with Gasteiger partial charge in [0.2, 0.25) is 15.9 Å². The van der Waals surface area contributed by atoms with E-state index >= 15 is 0 Å². The summed E-state index contributed by atoms with van der Waals surface area (Å²) in [6, 6.07) is 25.7. The van der Waals surface area contributed by atoms with Gasteiger partial charge in [0.05, 0.1) is 4.90 Å². The molecule has 32 heavy (non-hydrogen) atoms. The minimum absolute atomic E-state index is 0.0998. The van der Waals surface area contributed by atoms with Crippen molar-refractivity contribution in [2.45, 2.75) is 4.90 Å². The second kappa shape index (κ2) is 8.37. The second-order valence-corrected chi connectivity index (χ2v) is 8.85. The Morgan fingerprint density at radius 2 is 1.62 bits per heavy atom. The zero-order chi connectivity index (χ0) is 22.0. The van der Waals surface area contributed by atoms with Crippen LogP contribution >= 0.6 is 0 Å². The first kappa shape index (κ1) is 20.1. The number of ether oxygens (including phenoxy) is 1. The highest BCUT2D eigenvalue weighted by Crippen LogP contribution is 2.20. The number of hydrogen-bond donors (Lipinski definition) is 1. The summed E-state index contributed by atoms with van der Waals surface area (Å²) in [6.45, 7) is 0.219. The highest BCUT2D eigenvalue weighted by atomic mass is 32.2. The van der Waals surface area contributed by atoms with Crippen molar-refractivity contribution in [3.05, 3.63) is 84.9 Å². The van der Waals surface area contributed by atoms with Gasteiger partial charge in [-0.15, -0.1) is 15.3 Å². The Kier molecular flexibility index (Phi) is 5.26. The fourth-order valence-electron chi connectivity index (χ4n) is 3.37. The lowest BCUT2D eigenvalue weighted by Gasteiger charge is -2.09. The quantitative estimate of drug-likeness (QED) is 0.386. The van der Waals surface area contributed by atoms with Gasteiger partial charge in [0.15, 0.2) is 11.5 Å². The van der Waals surface area contributed by atoms with Crippen molar-refractivity contribution in [2.24, 2.45) is 0 Å². The van der Waals surface area contributed by atoms with Crippen LogP contribution in [0, 0.1) is 0 Å². The molecular formula is C23H19N5O3S. The van der Waals surface area contributed by atoms with E-state index in [1.807, 2.05) is 54.6 Å². The third kappa shape index (κ3) is 4.03.